The van der Waals surface area contributed by atoms with E-state index in [9.17, 15) is 4.79 Å². The summed E-state index contributed by atoms with van der Waals surface area (Å²) in [4.78, 5) is 29.0. The molecule has 0 bridgehead atoms. The Labute approximate surface area is 188 Å². The molecule has 166 valence electrons. The Morgan fingerprint density at radius 1 is 1.03 bits per heavy atom. The minimum Gasteiger partial charge on any atom is -0.481 e. The molecule has 0 unspecified atom stereocenters. The second kappa shape index (κ2) is 10.5. The smallest absolute Gasteiger partial charge is 0.434 e. The quantitative estimate of drug-likeness (QED) is 0.399. The summed E-state index contributed by atoms with van der Waals surface area (Å²) in [6, 6.07) is 10.6. The molecule has 0 aliphatic carbocycles. The second-order valence-electron chi connectivity index (χ2n) is 6.18. The molecule has 2 aromatic heterocycles. The van der Waals surface area contributed by atoms with Crippen molar-refractivity contribution in [2.24, 2.45) is 9.98 Å². The Hall–Kier alpha value is -3.73. The van der Waals surface area contributed by atoms with Crippen LogP contribution in [0.5, 0.6) is 11.8 Å². The summed E-state index contributed by atoms with van der Waals surface area (Å²) >= 11 is 1.25. The van der Waals surface area contributed by atoms with Crippen LogP contribution in [0.4, 0.5) is 10.5 Å². The number of aromatic nitrogens is 3. The van der Waals surface area contributed by atoms with Gasteiger partial charge >= 0.3 is 6.09 Å². The van der Waals surface area contributed by atoms with Gasteiger partial charge in [0.2, 0.25) is 23.5 Å². The van der Waals surface area contributed by atoms with Gasteiger partial charge < -0.3 is 18.7 Å². The van der Waals surface area contributed by atoms with Crippen LogP contribution in [-0.4, -0.2) is 59.6 Å². The molecular formula is C21H21N5O5S. The van der Waals surface area contributed by atoms with Crippen LogP contribution in [0.25, 0.3) is 11.4 Å². The number of aliphatic imine (C=N–C) groups is 2. The van der Waals surface area contributed by atoms with E-state index in [0.717, 1.165) is 5.56 Å². The Balaban J connectivity index is 2.11. The number of hydrogen-bond donors (Lipinski definition) is 0. The lowest BCUT2D eigenvalue weighted by Crippen LogP contribution is -2.15. The predicted molar refractivity (Wildman–Crippen MR) is 121 cm³/mol. The number of hydrogen-bond acceptors (Lipinski definition) is 10. The monoisotopic (exact) mass is 455 g/mol. The Morgan fingerprint density at radius 3 is 2.19 bits per heavy atom. The van der Waals surface area contributed by atoms with Crippen LogP contribution in [-0.2, 0) is 4.74 Å². The Kier molecular flexibility index (Phi) is 7.55. The van der Waals surface area contributed by atoms with Gasteiger partial charge in [0.1, 0.15) is 10.8 Å². The number of amides is 1. The molecule has 32 heavy (non-hydrogen) atoms. The van der Waals surface area contributed by atoms with Crippen LogP contribution in [0.2, 0.25) is 0 Å². The van der Waals surface area contributed by atoms with Gasteiger partial charge in [0.15, 0.2) is 0 Å². The number of rotatable bonds is 6. The van der Waals surface area contributed by atoms with Crippen LogP contribution >= 0.6 is 11.8 Å². The Bertz CT molecular complexity index is 1140. The lowest BCUT2D eigenvalue weighted by molar-refractivity contribution is 0.183. The van der Waals surface area contributed by atoms with Crippen molar-refractivity contribution >= 4 is 34.3 Å². The maximum absolute atomic E-state index is 11.9. The molecule has 0 fully saturated rings. The number of methoxy groups -OCH3 is 3. The third-order valence-electron chi connectivity index (χ3n) is 4.13. The van der Waals surface area contributed by atoms with Gasteiger partial charge in [-0.3, -0.25) is 0 Å². The van der Waals surface area contributed by atoms with Gasteiger partial charge in [-0.15, -0.1) is 11.8 Å². The zero-order valence-corrected chi connectivity index (χ0v) is 19.0. The highest BCUT2D eigenvalue weighted by Crippen LogP contribution is 2.25. The number of thioether (sulfide) groups is 1. The van der Waals surface area contributed by atoms with Crippen molar-refractivity contribution in [3.05, 3.63) is 47.9 Å². The summed E-state index contributed by atoms with van der Waals surface area (Å²) in [6.45, 7) is 1.73. The van der Waals surface area contributed by atoms with E-state index in [0.29, 0.717) is 45.5 Å². The fraction of sp³-hybridized carbons (Fsp3) is 0.238. The van der Waals surface area contributed by atoms with Crippen molar-refractivity contribution in [3.8, 4) is 23.1 Å². The first-order chi connectivity index (χ1) is 15.5. The number of pyridine rings is 1. The Morgan fingerprint density at radius 2 is 1.69 bits per heavy atom. The van der Waals surface area contributed by atoms with E-state index in [1.54, 1.807) is 37.4 Å². The van der Waals surface area contributed by atoms with Gasteiger partial charge in [-0.05, 0) is 30.5 Å². The molecule has 10 nitrogen and oxygen atoms in total. The van der Waals surface area contributed by atoms with Gasteiger partial charge in [0, 0.05) is 30.2 Å². The molecule has 0 spiro atoms. The molecule has 2 heterocycles. The molecule has 0 aliphatic rings. The highest BCUT2D eigenvalue weighted by atomic mass is 32.2. The maximum atomic E-state index is 11.9. The fourth-order valence-corrected chi connectivity index (χ4v) is 3.14. The predicted octanol–water partition coefficient (Wildman–Crippen LogP) is 4.11. The van der Waals surface area contributed by atoms with Crippen molar-refractivity contribution in [2.75, 3.05) is 27.6 Å². The summed E-state index contributed by atoms with van der Waals surface area (Å²) in [7, 11) is 4.26. The van der Waals surface area contributed by atoms with Gasteiger partial charge in [-0.2, -0.15) is 15.0 Å². The summed E-state index contributed by atoms with van der Waals surface area (Å²) in [5.41, 5.74) is 2.42. The molecule has 0 saturated carbocycles. The molecule has 1 amide bonds. The molecule has 0 aliphatic heterocycles. The van der Waals surface area contributed by atoms with E-state index in [1.807, 2.05) is 12.1 Å². The average molecular weight is 455 g/mol. The molecular weight excluding hydrogens is 434 g/mol. The lowest BCUT2D eigenvalue weighted by Gasteiger charge is -2.11. The number of carbonyl (C=O) groups is 1. The summed E-state index contributed by atoms with van der Waals surface area (Å²) in [5.74, 6) is 1.62. The van der Waals surface area contributed by atoms with Crippen LogP contribution in [0.15, 0.2) is 50.9 Å². The number of benzene rings is 1. The second-order valence-corrected chi connectivity index (χ2v) is 6.97. The summed E-state index contributed by atoms with van der Waals surface area (Å²) in [5, 5.41) is 4.27. The molecule has 0 atom stereocenters. The number of nitrogens with zero attached hydrogens (tertiary/aromatic N) is 5. The zero-order chi connectivity index (χ0) is 23.1. The third-order valence-corrected chi connectivity index (χ3v) is 4.80. The van der Waals surface area contributed by atoms with Crippen molar-refractivity contribution in [1.29, 1.82) is 0 Å². The molecule has 3 rings (SSSR count). The summed E-state index contributed by atoms with van der Waals surface area (Å²) in [6.07, 6.45) is 1.05. The minimum absolute atomic E-state index is 0.327. The normalized spacial score (nSPS) is 11.9. The van der Waals surface area contributed by atoms with Crippen LogP contribution in [0.3, 0.4) is 0 Å². The third kappa shape index (κ3) is 5.49. The first kappa shape index (κ1) is 22.9. The van der Waals surface area contributed by atoms with E-state index in [2.05, 4.69) is 20.1 Å². The number of carbonyl (C=O) groups excluding carboxylic acids is 1. The number of aryl methyl sites for hydroxylation is 1. The van der Waals surface area contributed by atoms with E-state index in [4.69, 9.17) is 23.7 Å². The first-order valence-corrected chi connectivity index (χ1v) is 10.5. The molecule has 1 aromatic carbocycles. The topological polar surface area (TPSA) is 121 Å². The molecule has 11 heteroatoms. The highest BCUT2D eigenvalue weighted by Gasteiger charge is 2.17. The maximum Gasteiger partial charge on any atom is 0.434 e. The lowest BCUT2D eigenvalue weighted by atomic mass is 10.1. The van der Waals surface area contributed by atoms with Crippen LogP contribution < -0.4 is 9.47 Å². The van der Waals surface area contributed by atoms with Crippen molar-refractivity contribution in [1.82, 2.24) is 15.1 Å². The highest BCUT2D eigenvalue weighted by molar-refractivity contribution is 8.15. The molecule has 0 N–H and O–H groups in total. The fourth-order valence-electron chi connectivity index (χ4n) is 2.62. The van der Waals surface area contributed by atoms with E-state index < -0.39 is 6.09 Å². The van der Waals surface area contributed by atoms with Gasteiger partial charge in [-0.25, -0.2) is 9.79 Å². The molecule has 3 aromatic rings. The standard InChI is InChI=1S/C21H21N5O5S/c1-12-22-19(26-31-12)13-6-8-15(9-7-13)23-18(20(32-5)25-21(27)30-4)14-10-16(28-2)24-17(11-14)29-3/h6-11H,1-5H3/b23-18-,25-20-. The van der Waals surface area contributed by atoms with E-state index >= 15 is 0 Å². The molecule has 0 radical (unpaired) electrons. The average Bonchev–Trinajstić information content (AvgIpc) is 3.27. The number of ether oxygens (including phenoxy) is 3. The molecule has 0 saturated heterocycles. The van der Waals surface area contributed by atoms with Crippen molar-refractivity contribution in [3.63, 3.8) is 0 Å². The van der Waals surface area contributed by atoms with E-state index in [-0.39, 0.29) is 0 Å². The first-order valence-electron chi connectivity index (χ1n) is 9.28. The van der Waals surface area contributed by atoms with Crippen LogP contribution in [0.1, 0.15) is 11.5 Å². The SMILES string of the molecule is COC(=O)/N=C(SC)/C(=N\c1ccc(-c2noc(C)n2)cc1)c1cc(OC)nc(OC)c1. The van der Waals surface area contributed by atoms with Crippen molar-refractivity contribution < 1.29 is 23.5 Å². The van der Waals surface area contributed by atoms with Gasteiger partial charge in [-0.1, -0.05) is 5.16 Å². The zero-order valence-electron chi connectivity index (χ0n) is 18.1. The van der Waals surface area contributed by atoms with Gasteiger partial charge in [0.05, 0.1) is 27.0 Å². The van der Waals surface area contributed by atoms with Gasteiger partial charge in [0.25, 0.3) is 0 Å². The van der Waals surface area contributed by atoms with Crippen molar-refractivity contribution in [2.45, 2.75) is 6.92 Å². The van der Waals surface area contributed by atoms with Crippen LogP contribution in [0, 0.1) is 6.92 Å². The minimum atomic E-state index is -0.738. The summed E-state index contributed by atoms with van der Waals surface area (Å²) < 4.78 is 20.3. The largest absolute Gasteiger partial charge is 0.481 e. The van der Waals surface area contributed by atoms with E-state index in [1.165, 1.54) is 33.1 Å².